The minimum Gasteiger partial charge on any atom is -0.256 e. The number of rotatable bonds is 5. The summed E-state index contributed by atoms with van der Waals surface area (Å²) in [4.78, 5) is 20.8. The molecule has 0 fully saturated rings. The highest BCUT2D eigenvalue weighted by Crippen LogP contribution is 2.41. The second-order valence-electron chi connectivity index (χ2n) is 15.5. The van der Waals surface area contributed by atoms with Gasteiger partial charge in [-0.25, -0.2) is 15.0 Å². The van der Waals surface area contributed by atoms with Crippen LogP contribution in [0.1, 0.15) is 0 Å². The lowest BCUT2D eigenvalue weighted by atomic mass is 9.90. The van der Waals surface area contributed by atoms with Crippen molar-refractivity contribution in [1.82, 2.24) is 19.9 Å². The van der Waals surface area contributed by atoms with Crippen molar-refractivity contribution in [2.75, 3.05) is 0 Å². The number of nitrogens with zero attached hydrogens (tertiary/aromatic N) is 4. The Balaban J connectivity index is 1.16. The first kappa shape index (κ1) is 34.0. The maximum Gasteiger partial charge on any atom is 0.165 e. The van der Waals surface area contributed by atoms with Crippen LogP contribution in [0.4, 0.5) is 0 Å². The maximum atomic E-state index is 5.43. The maximum absolute atomic E-state index is 5.43. The molecule has 2 aromatic heterocycles. The van der Waals surface area contributed by atoms with Crippen molar-refractivity contribution in [3.8, 4) is 56.4 Å². The van der Waals surface area contributed by atoms with Crippen LogP contribution in [0.5, 0.6) is 0 Å². The van der Waals surface area contributed by atoms with Gasteiger partial charge in [-0.1, -0.05) is 146 Å². The van der Waals surface area contributed by atoms with Gasteiger partial charge < -0.3 is 0 Å². The summed E-state index contributed by atoms with van der Waals surface area (Å²) in [6.45, 7) is 0. The molecule has 0 atom stereocenters. The average molecular weight is 763 g/mol. The van der Waals surface area contributed by atoms with Crippen molar-refractivity contribution in [3.63, 3.8) is 0 Å². The SMILES string of the molecule is c1ccc(-c2nc(-c3cc(-c4cccc5cc6ccccc6cc45)cc(-c4cccc5cc6ccccc6cc45)c3)nc(-c3c4ccccc4cc4ncccc34)n2)cc1. The van der Waals surface area contributed by atoms with E-state index in [9.17, 15) is 0 Å². The van der Waals surface area contributed by atoms with Crippen LogP contribution in [0.25, 0.3) is 121 Å². The van der Waals surface area contributed by atoms with Crippen LogP contribution < -0.4 is 0 Å². The summed E-state index contributed by atoms with van der Waals surface area (Å²) in [5.41, 5.74) is 8.13. The summed E-state index contributed by atoms with van der Waals surface area (Å²) in [5.74, 6) is 1.82. The number of pyridine rings is 1. The molecule has 0 radical (unpaired) electrons. The van der Waals surface area contributed by atoms with Crippen LogP contribution in [0.2, 0.25) is 0 Å². The van der Waals surface area contributed by atoms with Crippen LogP contribution in [-0.4, -0.2) is 19.9 Å². The Labute approximate surface area is 346 Å². The molecule has 0 aliphatic rings. The second-order valence-corrected chi connectivity index (χ2v) is 15.5. The monoisotopic (exact) mass is 762 g/mol. The van der Waals surface area contributed by atoms with Gasteiger partial charge >= 0.3 is 0 Å². The van der Waals surface area contributed by atoms with Crippen LogP contribution >= 0.6 is 0 Å². The molecule has 60 heavy (non-hydrogen) atoms. The molecule has 0 amide bonds. The molecule has 12 rings (SSSR count). The molecule has 0 aliphatic carbocycles. The summed E-state index contributed by atoms with van der Waals surface area (Å²) in [5, 5.41) is 12.8. The molecule has 10 aromatic carbocycles. The molecule has 278 valence electrons. The highest BCUT2D eigenvalue weighted by Gasteiger charge is 2.20. The number of fused-ring (bicyclic) bond motifs is 6. The van der Waals surface area contributed by atoms with Gasteiger partial charge in [0, 0.05) is 28.3 Å². The van der Waals surface area contributed by atoms with Crippen molar-refractivity contribution in [2.24, 2.45) is 0 Å². The topological polar surface area (TPSA) is 51.6 Å². The molecule has 0 saturated carbocycles. The molecular weight excluding hydrogens is 729 g/mol. The summed E-state index contributed by atoms with van der Waals surface area (Å²) in [6.07, 6.45) is 1.84. The Hall–Kier alpha value is -8.08. The fraction of sp³-hybridized carbons (Fsp3) is 0. The predicted molar refractivity (Wildman–Crippen MR) is 250 cm³/mol. The van der Waals surface area contributed by atoms with E-state index in [0.29, 0.717) is 17.5 Å². The Kier molecular flexibility index (Phi) is 7.82. The highest BCUT2D eigenvalue weighted by molar-refractivity contribution is 6.11. The normalized spacial score (nSPS) is 11.7. The number of aromatic nitrogens is 4. The zero-order valence-corrected chi connectivity index (χ0v) is 32.4. The third-order valence-electron chi connectivity index (χ3n) is 11.8. The number of hydrogen-bond donors (Lipinski definition) is 0. The Morgan fingerprint density at radius 2 is 0.733 bits per heavy atom. The predicted octanol–water partition coefficient (Wildman–Crippen LogP) is 14.5. The Morgan fingerprint density at radius 3 is 1.37 bits per heavy atom. The summed E-state index contributed by atoms with van der Waals surface area (Å²) >= 11 is 0. The third-order valence-corrected chi connectivity index (χ3v) is 11.8. The minimum absolute atomic E-state index is 0.600. The quantitative estimate of drug-likeness (QED) is 0.164. The fourth-order valence-electron chi connectivity index (χ4n) is 8.97. The van der Waals surface area contributed by atoms with Crippen LogP contribution in [0.3, 0.4) is 0 Å². The van der Waals surface area contributed by atoms with Gasteiger partial charge in [-0.2, -0.15) is 0 Å². The third kappa shape index (κ3) is 5.77. The molecule has 0 bridgehead atoms. The lowest BCUT2D eigenvalue weighted by Crippen LogP contribution is -2.02. The minimum atomic E-state index is 0.600. The molecule has 2 heterocycles. The van der Waals surface area contributed by atoms with Crippen LogP contribution in [0, 0.1) is 0 Å². The van der Waals surface area contributed by atoms with E-state index >= 15 is 0 Å². The number of benzene rings is 10. The summed E-state index contributed by atoms with van der Waals surface area (Å²) in [7, 11) is 0. The Morgan fingerprint density at radius 1 is 0.267 bits per heavy atom. The first-order valence-electron chi connectivity index (χ1n) is 20.3. The first-order valence-corrected chi connectivity index (χ1v) is 20.3. The van der Waals surface area contributed by atoms with Gasteiger partial charge in [-0.05, 0) is 131 Å². The fourth-order valence-corrected chi connectivity index (χ4v) is 8.97. The van der Waals surface area contributed by atoms with Gasteiger partial charge in [0.25, 0.3) is 0 Å². The standard InChI is InChI=1S/C56H34N4/c1-2-13-35(14-3-1)54-58-55(60-56(59-54)53-48-22-9-8-19-42(48)34-52-49(53)25-12-26-57-52)45-30-43(46-23-10-20-40-27-36-15-4-6-17-38(36)32-50(40)46)29-44(31-45)47-24-11-21-41-28-37-16-5-7-18-39(37)33-51(41)47/h1-34H. The van der Waals surface area contributed by atoms with Gasteiger partial charge in [0.1, 0.15) is 0 Å². The average Bonchev–Trinajstić information content (AvgIpc) is 3.31. The van der Waals surface area contributed by atoms with Gasteiger partial charge in [-0.15, -0.1) is 0 Å². The highest BCUT2D eigenvalue weighted by atomic mass is 15.0. The van der Waals surface area contributed by atoms with Crippen molar-refractivity contribution in [3.05, 3.63) is 206 Å². The second kappa shape index (κ2) is 13.8. The molecule has 4 nitrogen and oxygen atoms in total. The lowest BCUT2D eigenvalue weighted by Gasteiger charge is -2.16. The molecule has 12 aromatic rings. The zero-order valence-electron chi connectivity index (χ0n) is 32.4. The summed E-state index contributed by atoms with van der Waals surface area (Å²) in [6, 6.07) is 71.3. The lowest BCUT2D eigenvalue weighted by molar-refractivity contribution is 1.08. The molecule has 0 unspecified atom stereocenters. The van der Waals surface area contributed by atoms with E-state index < -0.39 is 0 Å². The van der Waals surface area contributed by atoms with E-state index in [4.69, 9.17) is 19.9 Å². The van der Waals surface area contributed by atoms with Gasteiger partial charge in [0.05, 0.1) is 5.52 Å². The Bertz CT molecular complexity index is 3480. The smallest absolute Gasteiger partial charge is 0.165 e. The van der Waals surface area contributed by atoms with Gasteiger partial charge in [0.2, 0.25) is 0 Å². The van der Waals surface area contributed by atoms with E-state index in [2.05, 4.69) is 176 Å². The number of hydrogen-bond acceptors (Lipinski definition) is 4. The van der Waals surface area contributed by atoms with Gasteiger partial charge in [0.15, 0.2) is 17.5 Å². The molecule has 0 aliphatic heterocycles. The van der Waals surface area contributed by atoms with Crippen molar-refractivity contribution in [1.29, 1.82) is 0 Å². The first-order chi connectivity index (χ1) is 29.7. The van der Waals surface area contributed by atoms with Crippen LogP contribution in [-0.2, 0) is 0 Å². The van der Waals surface area contributed by atoms with E-state index in [1.807, 2.05) is 30.5 Å². The molecule has 0 saturated heterocycles. The van der Waals surface area contributed by atoms with Crippen molar-refractivity contribution < 1.29 is 0 Å². The molecule has 4 heteroatoms. The largest absolute Gasteiger partial charge is 0.256 e. The molecule has 0 spiro atoms. The van der Waals surface area contributed by atoms with Crippen molar-refractivity contribution in [2.45, 2.75) is 0 Å². The molecule has 0 N–H and O–H groups in total. The zero-order chi connectivity index (χ0) is 39.6. The van der Waals surface area contributed by atoms with E-state index in [-0.39, 0.29) is 0 Å². The van der Waals surface area contributed by atoms with Crippen molar-refractivity contribution >= 4 is 64.8 Å². The van der Waals surface area contributed by atoms with Gasteiger partial charge in [-0.3, -0.25) is 4.98 Å². The van der Waals surface area contributed by atoms with E-state index in [1.165, 1.54) is 43.1 Å². The molecular formula is C56H34N4. The van der Waals surface area contributed by atoms with Crippen LogP contribution in [0.15, 0.2) is 206 Å². The van der Waals surface area contributed by atoms with E-state index in [1.54, 1.807) is 0 Å². The summed E-state index contributed by atoms with van der Waals surface area (Å²) < 4.78 is 0. The van der Waals surface area contributed by atoms with E-state index in [0.717, 1.165) is 60.6 Å².